The largest absolute Gasteiger partial charge is 0.444 e. The summed E-state index contributed by atoms with van der Waals surface area (Å²) in [7, 11) is 0. The number of hydrogen-bond donors (Lipinski definition) is 1. The second kappa shape index (κ2) is 7.04. The molecule has 0 aliphatic carbocycles. The van der Waals surface area contributed by atoms with Crippen LogP contribution >= 0.6 is 0 Å². The molecule has 4 heteroatoms. The van der Waals surface area contributed by atoms with Gasteiger partial charge in [-0.25, -0.2) is 4.79 Å². The van der Waals surface area contributed by atoms with Gasteiger partial charge >= 0.3 is 6.09 Å². The van der Waals surface area contributed by atoms with Crippen LogP contribution < -0.4 is 5.32 Å². The van der Waals surface area contributed by atoms with Crippen LogP contribution in [0.2, 0.25) is 0 Å². The first-order valence-corrected chi connectivity index (χ1v) is 9.05. The summed E-state index contributed by atoms with van der Waals surface area (Å²) in [5.74, 6) is 0. The van der Waals surface area contributed by atoms with Crippen molar-refractivity contribution in [3.05, 3.63) is 48.0 Å². The maximum Gasteiger partial charge on any atom is 0.410 e. The minimum atomic E-state index is -0.446. The highest BCUT2D eigenvalue weighted by molar-refractivity contribution is 5.86. The first-order chi connectivity index (χ1) is 11.8. The van der Waals surface area contributed by atoms with Crippen LogP contribution in [-0.2, 0) is 4.74 Å². The molecule has 1 aliphatic heterocycles. The average molecular weight is 340 g/mol. The van der Waals surface area contributed by atoms with Gasteiger partial charge in [0.15, 0.2) is 0 Å². The summed E-state index contributed by atoms with van der Waals surface area (Å²) < 4.78 is 5.48. The highest BCUT2D eigenvalue weighted by Gasteiger charge is 2.30. The Hall–Kier alpha value is -2.07. The molecule has 1 saturated heterocycles. The number of fused-ring (bicyclic) bond motifs is 1. The molecule has 1 N–H and O–H groups in total. The standard InChI is InChI=1S/C21H28N2O2/c1-15(18-11-7-9-16-8-5-6-10-19(16)18)22-17-12-13-23(14-17)20(24)25-21(2,3)4/h5-11,15,17,22H,12-14H2,1-4H3/t15-,17-/m0/s1. The zero-order valence-electron chi connectivity index (χ0n) is 15.6. The van der Waals surface area contributed by atoms with Crippen LogP contribution in [0, 0.1) is 0 Å². The number of hydrogen-bond acceptors (Lipinski definition) is 3. The normalized spacial score (nSPS) is 19.2. The molecular weight excluding hydrogens is 312 g/mol. The number of benzene rings is 2. The summed E-state index contributed by atoms with van der Waals surface area (Å²) >= 11 is 0. The monoisotopic (exact) mass is 340 g/mol. The number of ether oxygens (including phenoxy) is 1. The second-order valence-corrected chi connectivity index (χ2v) is 7.87. The molecule has 1 heterocycles. The Morgan fingerprint density at radius 3 is 2.68 bits per heavy atom. The van der Waals surface area contributed by atoms with E-state index < -0.39 is 5.60 Å². The van der Waals surface area contributed by atoms with E-state index in [0.29, 0.717) is 12.6 Å². The Bertz CT molecular complexity index is 746. The van der Waals surface area contributed by atoms with E-state index in [4.69, 9.17) is 4.74 Å². The van der Waals surface area contributed by atoms with Crippen molar-refractivity contribution < 1.29 is 9.53 Å². The number of likely N-dealkylation sites (tertiary alicyclic amines) is 1. The summed E-state index contributed by atoms with van der Waals surface area (Å²) in [4.78, 5) is 14.0. The molecule has 1 fully saturated rings. The molecule has 2 aromatic rings. The van der Waals surface area contributed by atoms with Crippen molar-refractivity contribution in [3.8, 4) is 0 Å². The molecule has 0 saturated carbocycles. The molecular formula is C21H28N2O2. The third-order valence-corrected chi connectivity index (χ3v) is 4.62. The van der Waals surface area contributed by atoms with Gasteiger partial charge < -0.3 is 15.0 Å². The van der Waals surface area contributed by atoms with E-state index in [1.54, 1.807) is 4.90 Å². The fourth-order valence-corrected chi connectivity index (χ4v) is 3.46. The number of carbonyl (C=O) groups is 1. The lowest BCUT2D eigenvalue weighted by atomic mass is 9.99. The molecule has 0 bridgehead atoms. The van der Waals surface area contributed by atoms with E-state index in [0.717, 1.165) is 13.0 Å². The zero-order chi connectivity index (χ0) is 18.0. The summed E-state index contributed by atoms with van der Waals surface area (Å²) in [5, 5.41) is 6.23. The Kier molecular flexibility index (Phi) is 5.00. The van der Waals surface area contributed by atoms with Crippen LogP contribution in [0.15, 0.2) is 42.5 Å². The molecule has 134 valence electrons. The highest BCUT2D eigenvalue weighted by atomic mass is 16.6. The average Bonchev–Trinajstić information content (AvgIpc) is 3.01. The van der Waals surface area contributed by atoms with Gasteiger partial charge in [0, 0.05) is 25.2 Å². The fourth-order valence-electron chi connectivity index (χ4n) is 3.46. The Morgan fingerprint density at radius 2 is 1.92 bits per heavy atom. The van der Waals surface area contributed by atoms with E-state index in [2.05, 4.69) is 54.7 Å². The molecule has 2 atom stereocenters. The van der Waals surface area contributed by atoms with Gasteiger partial charge in [-0.05, 0) is 50.5 Å². The predicted molar refractivity (Wildman–Crippen MR) is 102 cm³/mol. The quantitative estimate of drug-likeness (QED) is 0.894. The van der Waals surface area contributed by atoms with Gasteiger partial charge in [-0.1, -0.05) is 42.5 Å². The summed E-state index contributed by atoms with van der Waals surface area (Å²) in [6.45, 7) is 9.34. The predicted octanol–water partition coefficient (Wildman–Crippen LogP) is 4.50. The van der Waals surface area contributed by atoms with Crippen molar-refractivity contribution in [3.63, 3.8) is 0 Å². The molecule has 0 spiro atoms. The number of rotatable bonds is 3. The Labute approximate surface area is 150 Å². The lowest BCUT2D eigenvalue weighted by Crippen LogP contribution is -2.39. The van der Waals surface area contributed by atoms with Gasteiger partial charge in [0.2, 0.25) is 0 Å². The zero-order valence-corrected chi connectivity index (χ0v) is 15.6. The van der Waals surface area contributed by atoms with Crippen molar-refractivity contribution in [2.45, 2.75) is 51.8 Å². The third-order valence-electron chi connectivity index (χ3n) is 4.62. The fraction of sp³-hybridized carbons (Fsp3) is 0.476. The topological polar surface area (TPSA) is 41.6 Å². The van der Waals surface area contributed by atoms with Crippen LogP contribution in [-0.4, -0.2) is 35.7 Å². The first kappa shape index (κ1) is 17.7. The molecule has 0 aromatic heterocycles. The van der Waals surface area contributed by atoms with Crippen LogP contribution in [0.25, 0.3) is 10.8 Å². The molecule has 4 nitrogen and oxygen atoms in total. The minimum absolute atomic E-state index is 0.213. The number of amides is 1. The maximum absolute atomic E-state index is 12.2. The molecule has 1 amide bonds. The molecule has 3 rings (SSSR count). The van der Waals surface area contributed by atoms with Gasteiger partial charge in [0.05, 0.1) is 0 Å². The van der Waals surface area contributed by atoms with Gasteiger partial charge in [0.1, 0.15) is 5.60 Å². The van der Waals surface area contributed by atoms with E-state index in [9.17, 15) is 4.79 Å². The second-order valence-electron chi connectivity index (χ2n) is 7.87. The van der Waals surface area contributed by atoms with Crippen molar-refractivity contribution >= 4 is 16.9 Å². The van der Waals surface area contributed by atoms with Crippen molar-refractivity contribution in [1.82, 2.24) is 10.2 Å². The van der Waals surface area contributed by atoms with E-state index in [-0.39, 0.29) is 12.1 Å². The Balaban J connectivity index is 1.64. The summed E-state index contributed by atoms with van der Waals surface area (Å²) in [6, 6.07) is 15.4. The smallest absolute Gasteiger partial charge is 0.410 e. The minimum Gasteiger partial charge on any atom is -0.444 e. The maximum atomic E-state index is 12.2. The van der Waals surface area contributed by atoms with Crippen molar-refractivity contribution in [2.24, 2.45) is 0 Å². The highest BCUT2D eigenvalue weighted by Crippen LogP contribution is 2.25. The lowest BCUT2D eigenvalue weighted by Gasteiger charge is -2.25. The van der Waals surface area contributed by atoms with E-state index >= 15 is 0 Å². The first-order valence-electron chi connectivity index (χ1n) is 9.05. The van der Waals surface area contributed by atoms with Gasteiger partial charge in [0.25, 0.3) is 0 Å². The van der Waals surface area contributed by atoms with Crippen LogP contribution in [0.5, 0.6) is 0 Å². The van der Waals surface area contributed by atoms with Crippen molar-refractivity contribution in [2.75, 3.05) is 13.1 Å². The number of nitrogens with one attached hydrogen (secondary N) is 1. The Morgan fingerprint density at radius 1 is 1.20 bits per heavy atom. The lowest BCUT2D eigenvalue weighted by molar-refractivity contribution is 0.0290. The number of nitrogens with zero attached hydrogens (tertiary/aromatic N) is 1. The summed E-state index contributed by atoms with van der Waals surface area (Å²) in [5.41, 5.74) is 0.854. The summed E-state index contributed by atoms with van der Waals surface area (Å²) in [6.07, 6.45) is 0.739. The van der Waals surface area contributed by atoms with Gasteiger partial charge in [-0.15, -0.1) is 0 Å². The van der Waals surface area contributed by atoms with Crippen LogP contribution in [0.4, 0.5) is 4.79 Å². The van der Waals surface area contributed by atoms with Crippen LogP contribution in [0.3, 0.4) is 0 Å². The molecule has 2 aromatic carbocycles. The molecule has 0 radical (unpaired) electrons. The van der Waals surface area contributed by atoms with E-state index in [1.807, 2.05) is 20.8 Å². The SMILES string of the molecule is C[C@H](N[C@H]1CCN(C(=O)OC(C)(C)C)C1)c1cccc2ccccc12. The molecule has 25 heavy (non-hydrogen) atoms. The van der Waals surface area contributed by atoms with Crippen molar-refractivity contribution in [1.29, 1.82) is 0 Å². The van der Waals surface area contributed by atoms with Gasteiger partial charge in [-0.3, -0.25) is 0 Å². The number of carbonyl (C=O) groups excluding carboxylic acids is 1. The van der Waals surface area contributed by atoms with E-state index in [1.165, 1.54) is 16.3 Å². The molecule has 0 unspecified atom stereocenters. The molecule has 1 aliphatic rings. The van der Waals surface area contributed by atoms with Crippen LogP contribution in [0.1, 0.15) is 45.7 Å². The van der Waals surface area contributed by atoms with Gasteiger partial charge in [-0.2, -0.15) is 0 Å². The third kappa shape index (κ3) is 4.31.